The fourth-order valence-electron chi connectivity index (χ4n) is 3.15. The molecular formula is C17H16ClFN2O3. The van der Waals surface area contributed by atoms with Crippen molar-refractivity contribution < 1.29 is 18.8 Å². The van der Waals surface area contributed by atoms with Gasteiger partial charge >= 0.3 is 0 Å². The monoisotopic (exact) mass is 350 g/mol. The van der Waals surface area contributed by atoms with Crippen molar-refractivity contribution in [2.75, 3.05) is 5.32 Å². The van der Waals surface area contributed by atoms with Gasteiger partial charge in [0.15, 0.2) is 0 Å². The number of allylic oxidation sites excluding steroid dienone is 2. The number of hydrogen-bond acceptors (Lipinski definition) is 3. The van der Waals surface area contributed by atoms with Gasteiger partial charge in [-0.25, -0.2) is 4.39 Å². The zero-order valence-corrected chi connectivity index (χ0v) is 13.7. The van der Waals surface area contributed by atoms with E-state index in [0.717, 1.165) is 11.0 Å². The maximum absolute atomic E-state index is 13.1. The van der Waals surface area contributed by atoms with Crippen molar-refractivity contribution in [1.29, 1.82) is 0 Å². The number of fused-ring (bicyclic) bond motifs is 1. The van der Waals surface area contributed by atoms with Gasteiger partial charge in [0.05, 0.1) is 22.5 Å². The standard InChI is InChI=1S/C17H16ClFN2O3/c1-9(15(22)20-14-7-6-10(19)8-13(14)18)21-16(23)11-4-2-3-5-12(11)17(21)24/h2-3,6-9,11-12H,4-5H2,1H3,(H,20,22)/t9-,11+,12+/m1/s1. The highest BCUT2D eigenvalue weighted by Crippen LogP contribution is 2.36. The summed E-state index contributed by atoms with van der Waals surface area (Å²) in [6.07, 6.45) is 4.81. The number of carbonyl (C=O) groups is 3. The highest BCUT2D eigenvalue weighted by atomic mass is 35.5. The summed E-state index contributed by atoms with van der Waals surface area (Å²) < 4.78 is 13.1. The molecule has 2 aliphatic rings. The van der Waals surface area contributed by atoms with E-state index in [-0.39, 0.29) is 34.4 Å². The molecule has 3 rings (SSSR count). The van der Waals surface area contributed by atoms with Crippen LogP contribution < -0.4 is 5.32 Å². The van der Waals surface area contributed by atoms with Crippen molar-refractivity contribution in [2.24, 2.45) is 11.8 Å². The van der Waals surface area contributed by atoms with Gasteiger partial charge in [-0.2, -0.15) is 0 Å². The summed E-state index contributed by atoms with van der Waals surface area (Å²) in [5.41, 5.74) is 0.230. The number of rotatable bonds is 3. The number of likely N-dealkylation sites (tertiary alicyclic amines) is 1. The molecule has 1 aliphatic heterocycles. The first-order chi connectivity index (χ1) is 11.4. The lowest BCUT2D eigenvalue weighted by molar-refractivity contribution is -0.146. The van der Waals surface area contributed by atoms with Crippen LogP contribution in [0.15, 0.2) is 30.4 Å². The van der Waals surface area contributed by atoms with Crippen LogP contribution in [0.3, 0.4) is 0 Å². The van der Waals surface area contributed by atoms with Gasteiger partial charge < -0.3 is 5.32 Å². The van der Waals surface area contributed by atoms with Crippen LogP contribution in [0.5, 0.6) is 0 Å². The number of imide groups is 1. The highest BCUT2D eigenvalue weighted by Gasteiger charge is 2.50. The topological polar surface area (TPSA) is 66.5 Å². The van der Waals surface area contributed by atoms with Crippen LogP contribution in [0.25, 0.3) is 0 Å². The van der Waals surface area contributed by atoms with E-state index in [2.05, 4.69) is 5.32 Å². The molecule has 1 aromatic rings. The van der Waals surface area contributed by atoms with Gasteiger partial charge in [-0.3, -0.25) is 19.3 Å². The van der Waals surface area contributed by atoms with E-state index in [1.165, 1.54) is 19.1 Å². The van der Waals surface area contributed by atoms with Gasteiger partial charge in [0.25, 0.3) is 0 Å². The maximum atomic E-state index is 13.1. The van der Waals surface area contributed by atoms with Crippen molar-refractivity contribution >= 4 is 35.0 Å². The summed E-state index contributed by atoms with van der Waals surface area (Å²) in [6.45, 7) is 1.49. The maximum Gasteiger partial charge on any atom is 0.247 e. The van der Waals surface area contributed by atoms with Crippen LogP contribution in [0.2, 0.25) is 5.02 Å². The third kappa shape index (κ3) is 2.82. The van der Waals surface area contributed by atoms with Gasteiger partial charge in [-0.1, -0.05) is 23.8 Å². The van der Waals surface area contributed by atoms with E-state index < -0.39 is 17.8 Å². The molecule has 1 heterocycles. The number of carbonyl (C=O) groups excluding carboxylic acids is 3. The number of amides is 3. The summed E-state index contributed by atoms with van der Waals surface area (Å²) in [4.78, 5) is 38.4. The van der Waals surface area contributed by atoms with E-state index in [1.807, 2.05) is 12.2 Å². The highest BCUT2D eigenvalue weighted by molar-refractivity contribution is 6.33. The largest absolute Gasteiger partial charge is 0.323 e. The number of hydrogen-bond donors (Lipinski definition) is 1. The molecule has 126 valence electrons. The molecule has 7 heteroatoms. The van der Waals surface area contributed by atoms with Crippen LogP contribution in [0.4, 0.5) is 10.1 Å². The second-order valence-corrected chi connectivity index (χ2v) is 6.40. The molecule has 0 unspecified atom stereocenters. The number of nitrogens with zero attached hydrogens (tertiary/aromatic N) is 1. The minimum Gasteiger partial charge on any atom is -0.323 e. The molecule has 0 bridgehead atoms. The average Bonchev–Trinajstić information content (AvgIpc) is 2.81. The molecular weight excluding hydrogens is 335 g/mol. The average molecular weight is 351 g/mol. The predicted octanol–water partition coefficient (Wildman–Crippen LogP) is 2.76. The Balaban J connectivity index is 1.76. The van der Waals surface area contributed by atoms with E-state index in [0.29, 0.717) is 12.8 Å². The van der Waals surface area contributed by atoms with Gasteiger partial charge in [-0.15, -0.1) is 0 Å². The first-order valence-corrected chi connectivity index (χ1v) is 8.05. The van der Waals surface area contributed by atoms with Gasteiger partial charge in [0.1, 0.15) is 11.9 Å². The zero-order chi connectivity index (χ0) is 17.4. The quantitative estimate of drug-likeness (QED) is 0.673. The molecule has 1 aromatic carbocycles. The molecule has 3 atom stereocenters. The van der Waals surface area contributed by atoms with Crippen molar-refractivity contribution in [1.82, 2.24) is 4.90 Å². The minimum absolute atomic E-state index is 0.0486. The molecule has 0 saturated carbocycles. The van der Waals surface area contributed by atoms with E-state index in [1.54, 1.807) is 0 Å². The summed E-state index contributed by atoms with van der Waals surface area (Å²) in [5.74, 6) is -2.46. The van der Waals surface area contributed by atoms with Crippen LogP contribution in [-0.2, 0) is 14.4 Å². The van der Waals surface area contributed by atoms with Crippen LogP contribution in [0, 0.1) is 17.7 Å². The van der Waals surface area contributed by atoms with Gasteiger partial charge in [-0.05, 0) is 38.0 Å². The first-order valence-electron chi connectivity index (χ1n) is 7.68. The molecule has 24 heavy (non-hydrogen) atoms. The molecule has 1 N–H and O–H groups in total. The zero-order valence-electron chi connectivity index (χ0n) is 13.0. The summed E-state index contributed by atoms with van der Waals surface area (Å²) in [6, 6.07) is 2.61. The Morgan fingerprint density at radius 2 is 1.83 bits per heavy atom. The molecule has 5 nitrogen and oxygen atoms in total. The van der Waals surface area contributed by atoms with Crippen molar-refractivity contribution in [3.63, 3.8) is 0 Å². The van der Waals surface area contributed by atoms with E-state index in [9.17, 15) is 18.8 Å². The number of benzene rings is 1. The molecule has 0 spiro atoms. The van der Waals surface area contributed by atoms with Crippen LogP contribution in [0.1, 0.15) is 19.8 Å². The van der Waals surface area contributed by atoms with Crippen molar-refractivity contribution in [3.05, 3.63) is 41.2 Å². The minimum atomic E-state index is -0.961. The molecule has 1 fully saturated rings. The third-order valence-electron chi connectivity index (χ3n) is 4.50. The normalized spacial score (nSPS) is 24.0. The fraction of sp³-hybridized carbons (Fsp3) is 0.353. The SMILES string of the molecule is C[C@H](C(=O)Nc1ccc(F)cc1Cl)N1C(=O)[C@H]2CC=CC[C@@H]2C1=O. The van der Waals surface area contributed by atoms with Gasteiger partial charge in [0.2, 0.25) is 17.7 Å². The summed E-state index contributed by atoms with van der Waals surface area (Å²) >= 11 is 5.88. The van der Waals surface area contributed by atoms with E-state index >= 15 is 0 Å². The Bertz CT molecular complexity index is 723. The number of nitrogens with one attached hydrogen (secondary N) is 1. The van der Waals surface area contributed by atoms with Crippen LogP contribution in [-0.4, -0.2) is 28.7 Å². The van der Waals surface area contributed by atoms with Crippen LogP contribution >= 0.6 is 11.6 Å². The van der Waals surface area contributed by atoms with Crippen molar-refractivity contribution in [2.45, 2.75) is 25.8 Å². The Kier molecular flexibility index (Phi) is 4.41. The lowest BCUT2D eigenvalue weighted by Gasteiger charge is -2.22. The molecule has 0 aromatic heterocycles. The Morgan fingerprint density at radius 3 is 2.38 bits per heavy atom. The molecule has 1 saturated heterocycles. The smallest absolute Gasteiger partial charge is 0.247 e. The Labute approximate surface area is 143 Å². The second-order valence-electron chi connectivity index (χ2n) is 5.99. The molecule has 0 radical (unpaired) electrons. The lowest BCUT2D eigenvalue weighted by atomic mass is 9.85. The fourth-order valence-corrected chi connectivity index (χ4v) is 3.37. The lowest BCUT2D eigenvalue weighted by Crippen LogP contribution is -2.46. The number of halogens is 2. The van der Waals surface area contributed by atoms with Crippen molar-refractivity contribution in [3.8, 4) is 0 Å². The molecule has 1 aliphatic carbocycles. The third-order valence-corrected chi connectivity index (χ3v) is 4.81. The summed E-state index contributed by atoms with van der Waals surface area (Å²) in [5, 5.41) is 2.59. The molecule has 3 amide bonds. The predicted molar refractivity (Wildman–Crippen MR) is 86.7 cm³/mol. The van der Waals surface area contributed by atoms with E-state index in [4.69, 9.17) is 11.6 Å². The Morgan fingerprint density at radius 1 is 1.25 bits per heavy atom. The second kappa shape index (κ2) is 6.36. The summed E-state index contributed by atoms with van der Waals surface area (Å²) in [7, 11) is 0. The number of anilines is 1. The Hall–Kier alpha value is -2.21. The first kappa shape index (κ1) is 16.6. The van der Waals surface area contributed by atoms with Gasteiger partial charge in [0, 0.05) is 0 Å².